The molecule has 0 radical (unpaired) electrons. The van der Waals surface area contributed by atoms with E-state index >= 15 is 0 Å². The van der Waals surface area contributed by atoms with E-state index in [1.807, 2.05) is 36.6 Å². The van der Waals surface area contributed by atoms with Crippen molar-refractivity contribution in [3.05, 3.63) is 84.7 Å². The van der Waals surface area contributed by atoms with Crippen LogP contribution in [0.15, 0.2) is 73.3 Å². The largest absolute Gasteiger partial charge is 0.484 e. The molecular weight excluding hydrogens is 394 g/mol. The van der Waals surface area contributed by atoms with Crippen LogP contribution in [0, 0.1) is 13.8 Å². The summed E-state index contributed by atoms with van der Waals surface area (Å²) in [5, 5.41) is 2.79. The van der Waals surface area contributed by atoms with E-state index in [1.165, 1.54) is 6.33 Å². The number of nitrogens with zero attached hydrogens (tertiary/aromatic N) is 4. The van der Waals surface area contributed by atoms with Gasteiger partial charge in [0.15, 0.2) is 6.61 Å². The van der Waals surface area contributed by atoms with E-state index in [0.717, 1.165) is 11.4 Å². The fraction of sp³-hybridized carbons (Fsp3) is 0.130. The van der Waals surface area contributed by atoms with Crippen molar-refractivity contribution < 1.29 is 14.3 Å². The van der Waals surface area contributed by atoms with Crippen LogP contribution in [0.1, 0.15) is 11.4 Å². The van der Waals surface area contributed by atoms with E-state index in [0.29, 0.717) is 28.9 Å². The number of hydrogen-bond donors (Lipinski definition) is 1. The van der Waals surface area contributed by atoms with Gasteiger partial charge >= 0.3 is 0 Å². The van der Waals surface area contributed by atoms with Gasteiger partial charge in [0.05, 0.1) is 5.69 Å². The summed E-state index contributed by atoms with van der Waals surface area (Å²) >= 11 is 0. The number of carbonyl (C=O) groups excluding carboxylic acids is 1. The maximum Gasteiger partial charge on any atom is 0.262 e. The van der Waals surface area contributed by atoms with Crippen LogP contribution in [0.5, 0.6) is 17.4 Å². The van der Waals surface area contributed by atoms with Gasteiger partial charge in [0.25, 0.3) is 5.91 Å². The molecule has 31 heavy (non-hydrogen) atoms. The lowest BCUT2D eigenvalue weighted by Crippen LogP contribution is -2.20. The minimum atomic E-state index is -0.246. The number of imidazole rings is 1. The van der Waals surface area contributed by atoms with Gasteiger partial charge in [-0.2, -0.15) is 0 Å². The van der Waals surface area contributed by atoms with Crippen LogP contribution >= 0.6 is 0 Å². The average Bonchev–Trinajstić information content (AvgIpc) is 3.13. The lowest BCUT2D eigenvalue weighted by Gasteiger charge is -2.09. The average molecular weight is 415 g/mol. The number of carbonyl (C=O) groups is 1. The van der Waals surface area contributed by atoms with Crippen molar-refractivity contribution in [2.45, 2.75) is 13.8 Å². The van der Waals surface area contributed by atoms with Crippen LogP contribution in [-0.4, -0.2) is 32.0 Å². The standard InChI is InChI=1S/C23H21N5O3/c1-16-17(2)28(15-26-16)21-12-23(25-14-24-21)31-20-10-8-18(9-11-20)27-22(29)13-30-19-6-4-3-5-7-19/h3-12,14-15H,13H2,1-2H3,(H,27,29). The molecule has 2 heterocycles. The summed E-state index contributed by atoms with van der Waals surface area (Å²) in [4.78, 5) is 24.8. The monoisotopic (exact) mass is 415 g/mol. The molecular formula is C23H21N5O3. The number of rotatable bonds is 7. The highest BCUT2D eigenvalue weighted by Gasteiger charge is 2.09. The fourth-order valence-electron chi connectivity index (χ4n) is 2.84. The van der Waals surface area contributed by atoms with Gasteiger partial charge in [-0.05, 0) is 50.2 Å². The third-order valence-corrected chi connectivity index (χ3v) is 4.60. The maximum absolute atomic E-state index is 12.1. The van der Waals surface area contributed by atoms with E-state index in [2.05, 4.69) is 20.3 Å². The molecule has 2 aromatic heterocycles. The fourth-order valence-corrected chi connectivity index (χ4v) is 2.84. The van der Waals surface area contributed by atoms with Crippen molar-refractivity contribution in [2.75, 3.05) is 11.9 Å². The smallest absolute Gasteiger partial charge is 0.262 e. The van der Waals surface area contributed by atoms with Crippen LogP contribution in [0.3, 0.4) is 0 Å². The summed E-state index contributed by atoms with van der Waals surface area (Å²) in [6.45, 7) is 3.85. The molecule has 0 saturated heterocycles. The zero-order valence-electron chi connectivity index (χ0n) is 17.1. The number of aryl methyl sites for hydroxylation is 1. The first kappa shape index (κ1) is 20.1. The Morgan fingerprint density at radius 1 is 0.968 bits per heavy atom. The first-order valence-electron chi connectivity index (χ1n) is 9.67. The van der Waals surface area contributed by atoms with Crippen LogP contribution in [0.2, 0.25) is 0 Å². The molecule has 0 fully saturated rings. The number of ether oxygens (including phenoxy) is 2. The van der Waals surface area contributed by atoms with Gasteiger partial charge in [-0.3, -0.25) is 9.36 Å². The zero-order valence-corrected chi connectivity index (χ0v) is 17.1. The van der Waals surface area contributed by atoms with Crippen LogP contribution in [-0.2, 0) is 4.79 Å². The van der Waals surface area contributed by atoms with Gasteiger partial charge in [-0.15, -0.1) is 0 Å². The summed E-state index contributed by atoms with van der Waals surface area (Å²) in [6.07, 6.45) is 3.16. The third kappa shape index (κ3) is 5.05. The summed E-state index contributed by atoms with van der Waals surface area (Å²) < 4.78 is 13.1. The van der Waals surface area contributed by atoms with E-state index in [4.69, 9.17) is 9.47 Å². The second kappa shape index (κ2) is 9.08. The molecule has 0 aliphatic heterocycles. The molecule has 8 nitrogen and oxygen atoms in total. The summed E-state index contributed by atoms with van der Waals surface area (Å²) in [5.74, 6) is 2.06. The lowest BCUT2D eigenvalue weighted by molar-refractivity contribution is -0.118. The summed E-state index contributed by atoms with van der Waals surface area (Å²) in [7, 11) is 0. The first-order valence-corrected chi connectivity index (χ1v) is 9.67. The highest BCUT2D eigenvalue weighted by atomic mass is 16.5. The highest BCUT2D eigenvalue weighted by Crippen LogP contribution is 2.23. The van der Waals surface area contributed by atoms with Gasteiger partial charge in [-0.1, -0.05) is 18.2 Å². The quantitative estimate of drug-likeness (QED) is 0.489. The first-order chi connectivity index (χ1) is 15.1. The predicted octanol–water partition coefficient (Wildman–Crippen LogP) is 4.09. The Kier molecular flexibility index (Phi) is 5.89. The SMILES string of the molecule is Cc1ncn(-c2cc(Oc3ccc(NC(=O)COc4ccccc4)cc3)ncn2)c1C. The van der Waals surface area contributed by atoms with Crippen LogP contribution in [0.25, 0.3) is 5.82 Å². The van der Waals surface area contributed by atoms with Crippen molar-refractivity contribution in [3.63, 3.8) is 0 Å². The normalized spacial score (nSPS) is 10.5. The number of aromatic nitrogens is 4. The van der Waals surface area contributed by atoms with Gasteiger partial charge in [0.2, 0.25) is 5.88 Å². The van der Waals surface area contributed by atoms with Gasteiger partial charge in [0, 0.05) is 17.4 Å². The number of nitrogens with one attached hydrogen (secondary N) is 1. The van der Waals surface area contributed by atoms with Gasteiger partial charge in [-0.25, -0.2) is 15.0 Å². The zero-order chi connectivity index (χ0) is 21.6. The van der Waals surface area contributed by atoms with E-state index in [9.17, 15) is 4.79 Å². The van der Waals surface area contributed by atoms with E-state index in [1.54, 1.807) is 48.8 Å². The molecule has 4 aromatic rings. The maximum atomic E-state index is 12.1. The number of amides is 1. The van der Waals surface area contributed by atoms with Gasteiger partial charge < -0.3 is 14.8 Å². The molecule has 1 N–H and O–H groups in total. The van der Waals surface area contributed by atoms with E-state index < -0.39 is 0 Å². The second-order valence-electron chi connectivity index (χ2n) is 6.78. The number of para-hydroxylation sites is 1. The Bertz CT molecular complexity index is 1170. The van der Waals surface area contributed by atoms with Crippen LogP contribution in [0.4, 0.5) is 5.69 Å². The summed E-state index contributed by atoms with van der Waals surface area (Å²) in [5.41, 5.74) is 2.58. The number of anilines is 1. The Morgan fingerprint density at radius 3 is 2.45 bits per heavy atom. The molecule has 0 bridgehead atoms. The Labute approximate surface area is 179 Å². The molecule has 0 atom stereocenters. The molecule has 4 rings (SSSR count). The molecule has 8 heteroatoms. The molecule has 0 unspecified atom stereocenters. The predicted molar refractivity (Wildman–Crippen MR) is 116 cm³/mol. The van der Waals surface area contributed by atoms with Crippen molar-refractivity contribution in [1.29, 1.82) is 0 Å². The molecule has 0 aliphatic rings. The number of hydrogen-bond acceptors (Lipinski definition) is 6. The minimum absolute atomic E-state index is 0.0703. The van der Waals surface area contributed by atoms with Crippen molar-refractivity contribution in [1.82, 2.24) is 19.5 Å². The molecule has 0 aliphatic carbocycles. The third-order valence-electron chi connectivity index (χ3n) is 4.60. The second-order valence-corrected chi connectivity index (χ2v) is 6.78. The Morgan fingerprint density at radius 2 is 1.74 bits per heavy atom. The van der Waals surface area contributed by atoms with Crippen molar-refractivity contribution in [3.8, 4) is 23.2 Å². The van der Waals surface area contributed by atoms with Crippen molar-refractivity contribution in [2.24, 2.45) is 0 Å². The van der Waals surface area contributed by atoms with Gasteiger partial charge in [0.1, 0.15) is 30.0 Å². The Hall–Kier alpha value is -4.20. The summed E-state index contributed by atoms with van der Waals surface area (Å²) in [6, 6.07) is 17.9. The Balaban J connectivity index is 1.36. The molecule has 0 spiro atoms. The van der Waals surface area contributed by atoms with Crippen LogP contribution < -0.4 is 14.8 Å². The number of benzene rings is 2. The van der Waals surface area contributed by atoms with E-state index in [-0.39, 0.29) is 12.5 Å². The van der Waals surface area contributed by atoms with Crippen molar-refractivity contribution >= 4 is 11.6 Å². The molecule has 1 amide bonds. The molecule has 2 aromatic carbocycles. The minimum Gasteiger partial charge on any atom is -0.484 e. The topological polar surface area (TPSA) is 91.2 Å². The molecule has 156 valence electrons. The molecule has 0 saturated carbocycles. The highest BCUT2D eigenvalue weighted by molar-refractivity contribution is 5.91. The lowest BCUT2D eigenvalue weighted by atomic mass is 10.3.